The van der Waals surface area contributed by atoms with Crippen molar-refractivity contribution in [2.75, 3.05) is 0 Å². The molecule has 0 aliphatic heterocycles. The van der Waals surface area contributed by atoms with Crippen LogP contribution in [0.2, 0.25) is 0 Å². The van der Waals surface area contributed by atoms with Crippen LogP contribution in [0.15, 0.2) is 6.20 Å². The van der Waals surface area contributed by atoms with Crippen LogP contribution in [0.3, 0.4) is 0 Å². The molecule has 15 heavy (non-hydrogen) atoms. The molecule has 0 amide bonds. The van der Waals surface area contributed by atoms with E-state index in [1.807, 2.05) is 13.8 Å². The first-order chi connectivity index (χ1) is 7.08. The molecule has 78 valence electrons. The first-order valence-corrected chi connectivity index (χ1v) is 5.12. The van der Waals surface area contributed by atoms with Crippen LogP contribution in [0.1, 0.15) is 21.2 Å². The molecule has 0 aliphatic carbocycles. The minimum atomic E-state index is -1.01. The number of H-pyrrole nitrogens is 1. The lowest BCUT2D eigenvalue weighted by Crippen LogP contribution is -1.95. The Balaban J connectivity index is 2.45. The standard InChI is InChI=1S/C9H9N3O2S/c1-4-7(15-5(2)11-4)8-10-3-6(12-8)9(13)14/h3H,1-2H3,(H,10,12)(H,13,14). The summed E-state index contributed by atoms with van der Waals surface area (Å²) in [5, 5.41) is 9.68. The molecule has 2 aromatic heterocycles. The second-order valence-electron chi connectivity index (χ2n) is 3.10. The number of nitrogens with one attached hydrogen (secondary N) is 1. The van der Waals surface area contributed by atoms with Crippen LogP contribution >= 0.6 is 11.3 Å². The van der Waals surface area contributed by atoms with Crippen LogP contribution < -0.4 is 0 Å². The van der Waals surface area contributed by atoms with Crippen LogP contribution in [0.4, 0.5) is 0 Å². The van der Waals surface area contributed by atoms with E-state index in [4.69, 9.17) is 5.11 Å². The number of rotatable bonds is 2. The molecule has 2 N–H and O–H groups in total. The molecule has 2 rings (SSSR count). The number of nitrogens with zero attached hydrogens (tertiary/aromatic N) is 2. The highest BCUT2D eigenvalue weighted by molar-refractivity contribution is 7.15. The van der Waals surface area contributed by atoms with E-state index in [0.29, 0.717) is 5.82 Å². The van der Waals surface area contributed by atoms with E-state index < -0.39 is 5.97 Å². The zero-order valence-corrected chi connectivity index (χ0v) is 9.05. The van der Waals surface area contributed by atoms with Crippen molar-refractivity contribution < 1.29 is 9.90 Å². The number of aromatic amines is 1. The summed E-state index contributed by atoms with van der Waals surface area (Å²) in [6, 6.07) is 0. The molecule has 0 unspecified atom stereocenters. The molecule has 0 saturated heterocycles. The maximum Gasteiger partial charge on any atom is 0.353 e. The normalized spacial score (nSPS) is 10.5. The van der Waals surface area contributed by atoms with Gasteiger partial charge in [-0.2, -0.15) is 0 Å². The number of thiazole rings is 1. The maximum absolute atomic E-state index is 10.7. The minimum Gasteiger partial charge on any atom is -0.477 e. The molecular formula is C9H9N3O2S. The summed E-state index contributed by atoms with van der Waals surface area (Å²) in [5.74, 6) is -0.442. The van der Waals surface area contributed by atoms with E-state index in [1.54, 1.807) is 0 Å². The molecular weight excluding hydrogens is 214 g/mol. The van der Waals surface area contributed by atoms with E-state index in [9.17, 15) is 4.79 Å². The van der Waals surface area contributed by atoms with Crippen molar-refractivity contribution in [2.45, 2.75) is 13.8 Å². The van der Waals surface area contributed by atoms with Crippen LogP contribution in [0.5, 0.6) is 0 Å². The lowest BCUT2D eigenvalue weighted by molar-refractivity contribution is 0.0691. The van der Waals surface area contributed by atoms with Gasteiger partial charge in [0.05, 0.1) is 21.8 Å². The number of carboxylic acids is 1. The third-order valence-corrected chi connectivity index (χ3v) is 3.00. The summed E-state index contributed by atoms with van der Waals surface area (Å²) >= 11 is 1.49. The van der Waals surface area contributed by atoms with Gasteiger partial charge in [-0.25, -0.2) is 14.8 Å². The molecule has 0 aliphatic rings. The summed E-state index contributed by atoms with van der Waals surface area (Å²) in [4.78, 5) is 22.6. The Morgan fingerprint density at radius 1 is 1.53 bits per heavy atom. The molecule has 2 aromatic rings. The fraction of sp³-hybridized carbons (Fsp3) is 0.222. The number of hydrogen-bond acceptors (Lipinski definition) is 4. The van der Waals surface area contributed by atoms with E-state index >= 15 is 0 Å². The van der Waals surface area contributed by atoms with Gasteiger partial charge in [0.1, 0.15) is 11.5 Å². The highest BCUT2D eigenvalue weighted by Crippen LogP contribution is 2.26. The van der Waals surface area contributed by atoms with Gasteiger partial charge in [-0.05, 0) is 13.8 Å². The van der Waals surface area contributed by atoms with Gasteiger partial charge in [-0.15, -0.1) is 11.3 Å². The summed E-state index contributed by atoms with van der Waals surface area (Å²) in [5.41, 5.74) is 0.958. The Bertz CT molecular complexity index is 515. The molecule has 5 nitrogen and oxygen atoms in total. The SMILES string of the molecule is Cc1nc(C)c(-c2ncc(C(=O)O)[nH]2)s1. The van der Waals surface area contributed by atoms with Crippen molar-refractivity contribution in [1.29, 1.82) is 0 Å². The van der Waals surface area contributed by atoms with Gasteiger partial charge in [-0.1, -0.05) is 0 Å². The fourth-order valence-electron chi connectivity index (χ4n) is 1.30. The number of carboxylic acid groups (broad SMARTS) is 1. The molecule has 0 radical (unpaired) electrons. The van der Waals surface area contributed by atoms with Gasteiger partial charge in [0.25, 0.3) is 0 Å². The number of hydrogen-bond donors (Lipinski definition) is 2. The maximum atomic E-state index is 10.7. The molecule has 0 bridgehead atoms. The quantitative estimate of drug-likeness (QED) is 0.814. The first-order valence-electron chi connectivity index (χ1n) is 4.30. The summed E-state index contributed by atoms with van der Waals surface area (Å²) in [6.45, 7) is 3.78. The Kier molecular flexibility index (Phi) is 2.28. The predicted octanol–water partition coefficient (Wildman–Crippen LogP) is 1.85. The number of aromatic nitrogens is 3. The summed E-state index contributed by atoms with van der Waals surface area (Å²) in [6.07, 6.45) is 1.31. The average molecular weight is 223 g/mol. The summed E-state index contributed by atoms with van der Waals surface area (Å²) in [7, 11) is 0. The zero-order chi connectivity index (χ0) is 11.0. The van der Waals surface area contributed by atoms with Gasteiger partial charge in [0.15, 0.2) is 0 Å². The lowest BCUT2D eigenvalue weighted by Gasteiger charge is -1.91. The first kappa shape index (κ1) is 9.85. The third-order valence-electron chi connectivity index (χ3n) is 1.92. The van der Waals surface area contributed by atoms with Crippen molar-refractivity contribution in [3.8, 4) is 10.7 Å². The van der Waals surface area contributed by atoms with E-state index in [0.717, 1.165) is 15.6 Å². The summed E-state index contributed by atoms with van der Waals surface area (Å²) < 4.78 is 0. The van der Waals surface area contributed by atoms with Crippen LogP contribution in [0, 0.1) is 13.8 Å². The smallest absolute Gasteiger partial charge is 0.353 e. The molecule has 0 spiro atoms. The van der Waals surface area contributed by atoms with Crippen molar-refractivity contribution in [2.24, 2.45) is 0 Å². The van der Waals surface area contributed by atoms with Gasteiger partial charge >= 0.3 is 5.97 Å². The molecule has 2 heterocycles. The van der Waals surface area contributed by atoms with Crippen molar-refractivity contribution >= 4 is 17.3 Å². The van der Waals surface area contributed by atoms with Gasteiger partial charge in [0.2, 0.25) is 0 Å². The van der Waals surface area contributed by atoms with E-state index in [-0.39, 0.29) is 5.69 Å². The number of imidazole rings is 1. The number of aryl methyl sites for hydroxylation is 2. The second kappa shape index (κ2) is 3.47. The highest BCUT2D eigenvalue weighted by atomic mass is 32.1. The van der Waals surface area contributed by atoms with Crippen LogP contribution in [0.25, 0.3) is 10.7 Å². The van der Waals surface area contributed by atoms with Gasteiger partial charge in [0, 0.05) is 0 Å². The predicted molar refractivity (Wildman–Crippen MR) is 56.1 cm³/mol. The number of aromatic carboxylic acids is 1. The van der Waals surface area contributed by atoms with E-state index in [2.05, 4.69) is 15.0 Å². The molecule has 0 atom stereocenters. The van der Waals surface area contributed by atoms with Crippen molar-refractivity contribution in [1.82, 2.24) is 15.0 Å². The second-order valence-corrected chi connectivity index (χ2v) is 4.30. The Morgan fingerprint density at radius 2 is 2.27 bits per heavy atom. The highest BCUT2D eigenvalue weighted by Gasteiger charge is 2.13. The van der Waals surface area contributed by atoms with E-state index in [1.165, 1.54) is 17.5 Å². The largest absolute Gasteiger partial charge is 0.477 e. The molecule has 0 aromatic carbocycles. The Morgan fingerprint density at radius 3 is 2.73 bits per heavy atom. The van der Waals surface area contributed by atoms with Crippen LogP contribution in [-0.4, -0.2) is 26.0 Å². The average Bonchev–Trinajstić information content (AvgIpc) is 2.71. The Labute approximate surface area is 89.8 Å². The zero-order valence-electron chi connectivity index (χ0n) is 8.24. The van der Waals surface area contributed by atoms with Gasteiger partial charge in [-0.3, -0.25) is 0 Å². The fourth-order valence-corrected chi connectivity index (χ4v) is 2.17. The Hall–Kier alpha value is -1.69. The molecule has 0 fully saturated rings. The lowest BCUT2D eigenvalue weighted by atomic mass is 10.4. The minimum absolute atomic E-state index is 0.0930. The molecule has 0 saturated carbocycles. The van der Waals surface area contributed by atoms with Crippen molar-refractivity contribution in [3.63, 3.8) is 0 Å². The van der Waals surface area contributed by atoms with Crippen LogP contribution in [-0.2, 0) is 0 Å². The third kappa shape index (κ3) is 1.75. The number of carbonyl (C=O) groups is 1. The topological polar surface area (TPSA) is 78.9 Å². The monoisotopic (exact) mass is 223 g/mol. The van der Waals surface area contributed by atoms with Gasteiger partial charge < -0.3 is 10.1 Å². The molecule has 6 heteroatoms. The van der Waals surface area contributed by atoms with Crippen molar-refractivity contribution in [3.05, 3.63) is 22.6 Å².